The summed E-state index contributed by atoms with van der Waals surface area (Å²) in [5.74, 6) is 0. The number of aryl methyl sites for hydroxylation is 1. The molecule has 1 aliphatic rings. The van der Waals surface area contributed by atoms with Gasteiger partial charge in [-0.05, 0) is 37.0 Å². The van der Waals surface area contributed by atoms with Crippen LogP contribution in [0.4, 0.5) is 0 Å². The topological polar surface area (TPSA) is 38.0 Å². The first-order valence-electron chi connectivity index (χ1n) is 6.72. The number of aliphatic hydroxyl groups is 1. The highest BCUT2D eigenvalue weighted by Gasteiger charge is 2.22. The second kappa shape index (κ2) is 5.80. The van der Waals surface area contributed by atoms with Crippen LogP contribution in [0.2, 0.25) is 0 Å². The summed E-state index contributed by atoms with van der Waals surface area (Å²) in [4.78, 5) is 5.31. The number of benzene rings is 1. The normalized spacial score (nSPS) is 16.5. The molecule has 2 aromatic rings. The fourth-order valence-corrected chi connectivity index (χ4v) is 3.05. The Bertz CT molecular complexity index is 505. The maximum atomic E-state index is 10.2. The minimum Gasteiger partial charge on any atom is -0.388 e. The summed E-state index contributed by atoms with van der Waals surface area (Å²) in [6.07, 6.45) is 8.47. The molecule has 3 nitrogen and oxygen atoms in total. The van der Waals surface area contributed by atoms with Gasteiger partial charge in [-0.25, -0.2) is 4.98 Å². The first-order valence-corrected chi connectivity index (χ1v) is 7.59. The van der Waals surface area contributed by atoms with Gasteiger partial charge in [-0.15, -0.1) is 11.8 Å². The molecule has 1 fully saturated rings. The zero-order valence-corrected chi connectivity index (χ0v) is 11.6. The third-order valence-electron chi connectivity index (χ3n) is 3.31. The summed E-state index contributed by atoms with van der Waals surface area (Å²) in [6, 6.07) is 8.34. The zero-order chi connectivity index (χ0) is 13.1. The molecule has 1 heterocycles. The molecule has 1 unspecified atom stereocenters. The fraction of sp³-hybridized carbons (Fsp3) is 0.400. The van der Waals surface area contributed by atoms with Crippen molar-refractivity contribution in [1.82, 2.24) is 9.55 Å². The molecule has 1 aliphatic carbocycles. The quantitative estimate of drug-likeness (QED) is 0.878. The molecule has 1 saturated carbocycles. The van der Waals surface area contributed by atoms with Gasteiger partial charge in [0.05, 0.1) is 12.4 Å². The maximum absolute atomic E-state index is 10.2. The van der Waals surface area contributed by atoms with Crippen LogP contribution in [0.15, 0.2) is 47.9 Å². The van der Waals surface area contributed by atoms with Crippen molar-refractivity contribution in [3.05, 3.63) is 48.5 Å². The second-order valence-corrected chi connectivity index (χ2v) is 6.37. The van der Waals surface area contributed by atoms with Gasteiger partial charge in [-0.2, -0.15) is 0 Å². The Morgan fingerprint density at radius 2 is 2.11 bits per heavy atom. The predicted octanol–water partition coefficient (Wildman–Crippen LogP) is 3.26. The molecule has 100 valence electrons. The highest BCUT2D eigenvalue weighted by molar-refractivity contribution is 8.00. The minimum absolute atomic E-state index is 0.401. The van der Waals surface area contributed by atoms with Gasteiger partial charge in [-0.3, -0.25) is 0 Å². The third kappa shape index (κ3) is 3.61. The van der Waals surface area contributed by atoms with E-state index in [1.54, 1.807) is 12.5 Å². The lowest BCUT2D eigenvalue weighted by atomic mass is 10.1. The van der Waals surface area contributed by atoms with Crippen LogP contribution < -0.4 is 0 Å². The molecule has 0 aliphatic heterocycles. The van der Waals surface area contributed by atoms with Gasteiger partial charge in [0.25, 0.3) is 0 Å². The van der Waals surface area contributed by atoms with E-state index in [4.69, 9.17) is 0 Å². The molecule has 1 N–H and O–H groups in total. The number of aromatic nitrogens is 2. The number of rotatable bonds is 6. The van der Waals surface area contributed by atoms with Crippen LogP contribution in [0.3, 0.4) is 0 Å². The van der Waals surface area contributed by atoms with E-state index in [2.05, 4.69) is 17.1 Å². The van der Waals surface area contributed by atoms with E-state index < -0.39 is 6.10 Å². The molecule has 4 heteroatoms. The van der Waals surface area contributed by atoms with Crippen LogP contribution in [-0.4, -0.2) is 19.9 Å². The summed E-state index contributed by atoms with van der Waals surface area (Å²) in [5, 5.41) is 11.0. The zero-order valence-electron chi connectivity index (χ0n) is 10.8. The van der Waals surface area contributed by atoms with E-state index in [0.29, 0.717) is 6.42 Å². The molecular formula is C15H18N2OS. The van der Waals surface area contributed by atoms with Gasteiger partial charge in [0.1, 0.15) is 0 Å². The predicted molar refractivity (Wildman–Crippen MR) is 77.1 cm³/mol. The van der Waals surface area contributed by atoms with E-state index in [1.807, 2.05) is 34.7 Å². The van der Waals surface area contributed by atoms with Gasteiger partial charge in [0, 0.05) is 29.1 Å². The van der Waals surface area contributed by atoms with Crippen molar-refractivity contribution in [1.29, 1.82) is 0 Å². The number of hydrogen-bond donors (Lipinski definition) is 1. The summed E-state index contributed by atoms with van der Waals surface area (Å²) in [5.41, 5.74) is 1.00. The molecule has 0 spiro atoms. The maximum Gasteiger partial charge on any atom is 0.0945 e. The van der Waals surface area contributed by atoms with E-state index in [0.717, 1.165) is 17.4 Å². The van der Waals surface area contributed by atoms with Gasteiger partial charge >= 0.3 is 0 Å². The number of nitrogens with zero attached hydrogens (tertiary/aromatic N) is 2. The Kier molecular flexibility index (Phi) is 3.89. The van der Waals surface area contributed by atoms with Gasteiger partial charge in [0.2, 0.25) is 0 Å². The lowest BCUT2D eigenvalue weighted by Crippen LogP contribution is -2.03. The van der Waals surface area contributed by atoms with Crippen LogP contribution in [0.5, 0.6) is 0 Å². The van der Waals surface area contributed by atoms with Crippen LogP contribution in [-0.2, 0) is 6.54 Å². The van der Waals surface area contributed by atoms with Crippen molar-refractivity contribution >= 4 is 11.8 Å². The second-order valence-electron chi connectivity index (χ2n) is 4.99. The molecule has 1 atom stereocenters. The van der Waals surface area contributed by atoms with Gasteiger partial charge in [-0.1, -0.05) is 12.1 Å². The molecule has 0 amide bonds. The van der Waals surface area contributed by atoms with E-state index in [9.17, 15) is 5.11 Å². The number of imidazole rings is 1. The van der Waals surface area contributed by atoms with Crippen molar-refractivity contribution < 1.29 is 5.11 Å². The first kappa shape index (κ1) is 12.8. The Morgan fingerprint density at radius 1 is 1.32 bits per heavy atom. The lowest BCUT2D eigenvalue weighted by molar-refractivity contribution is 0.161. The van der Waals surface area contributed by atoms with Crippen molar-refractivity contribution in [2.75, 3.05) is 0 Å². The number of thioether (sulfide) groups is 1. The molecule has 3 rings (SSSR count). The Hall–Kier alpha value is -1.26. The van der Waals surface area contributed by atoms with Gasteiger partial charge in [0.15, 0.2) is 0 Å². The SMILES string of the molecule is OC(CCn1ccnc1)c1ccc(SC2CC2)cc1. The monoisotopic (exact) mass is 274 g/mol. The molecule has 1 aromatic carbocycles. The van der Waals surface area contributed by atoms with Crippen molar-refractivity contribution in [2.45, 2.75) is 42.1 Å². The fourth-order valence-electron chi connectivity index (χ4n) is 2.00. The van der Waals surface area contributed by atoms with Gasteiger partial charge < -0.3 is 9.67 Å². The molecular weight excluding hydrogens is 256 g/mol. The average Bonchev–Trinajstić information content (AvgIpc) is 3.09. The summed E-state index contributed by atoms with van der Waals surface area (Å²) in [7, 11) is 0. The molecule has 0 saturated heterocycles. The number of hydrogen-bond acceptors (Lipinski definition) is 3. The largest absolute Gasteiger partial charge is 0.388 e. The molecule has 1 aromatic heterocycles. The van der Waals surface area contributed by atoms with Crippen LogP contribution >= 0.6 is 11.8 Å². The van der Waals surface area contributed by atoms with Crippen LogP contribution in [0, 0.1) is 0 Å². The lowest BCUT2D eigenvalue weighted by Gasteiger charge is -2.12. The van der Waals surface area contributed by atoms with E-state index in [1.165, 1.54) is 17.7 Å². The van der Waals surface area contributed by atoms with E-state index >= 15 is 0 Å². The summed E-state index contributed by atoms with van der Waals surface area (Å²) < 4.78 is 1.99. The summed E-state index contributed by atoms with van der Waals surface area (Å²) in [6.45, 7) is 0.791. The van der Waals surface area contributed by atoms with Crippen molar-refractivity contribution in [3.8, 4) is 0 Å². The highest BCUT2D eigenvalue weighted by atomic mass is 32.2. The smallest absolute Gasteiger partial charge is 0.0945 e. The van der Waals surface area contributed by atoms with Crippen LogP contribution in [0.1, 0.15) is 30.9 Å². The standard InChI is InChI=1S/C15H18N2OS/c18-15(7-9-17-10-8-16-11-17)12-1-3-13(4-2-12)19-14-5-6-14/h1-4,8,10-11,14-15,18H,5-7,9H2. The third-order valence-corrected chi connectivity index (χ3v) is 4.66. The number of aliphatic hydroxyl groups excluding tert-OH is 1. The molecule has 19 heavy (non-hydrogen) atoms. The minimum atomic E-state index is -0.401. The Labute approximate surface area is 117 Å². The summed E-state index contributed by atoms with van der Waals surface area (Å²) >= 11 is 1.95. The van der Waals surface area contributed by atoms with Crippen LogP contribution in [0.25, 0.3) is 0 Å². The average molecular weight is 274 g/mol. The Balaban J connectivity index is 1.54. The molecule has 0 radical (unpaired) electrons. The Morgan fingerprint density at radius 3 is 2.74 bits per heavy atom. The van der Waals surface area contributed by atoms with Crippen molar-refractivity contribution in [2.24, 2.45) is 0 Å². The van der Waals surface area contributed by atoms with E-state index in [-0.39, 0.29) is 0 Å². The highest BCUT2D eigenvalue weighted by Crippen LogP contribution is 2.39. The van der Waals surface area contributed by atoms with Crippen molar-refractivity contribution in [3.63, 3.8) is 0 Å². The molecule has 0 bridgehead atoms. The first-order chi connectivity index (χ1) is 9.31.